The highest BCUT2D eigenvalue weighted by Gasteiger charge is 2.19. The Labute approximate surface area is 176 Å². The number of carbonyl (C=O) groups is 3. The first-order valence-corrected chi connectivity index (χ1v) is 9.62. The third-order valence-corrected chi connectivity index (χ3v) is 4.41. The molecule has 0 aromatic heterocycles. The monoisotopic (exact) mass is 413 g/mol. The molecular formula is C23H27NO6. The first-order chi connectivity index (χ1) is 14.3. The predicted octanol–water partition coefficient (Wildman–Crippen LogP) is 3.26. The van der Waals surface area contributed by atoms with Crippen LogP contribution in [0.4, 0.5) is 0 Å². The lowest BCUT2D eigenvalue weighted by Crippen LogP contribution is -2.39. The lowest BCUT2D eigenvalue weighted by atomic mass is 10.1. The quantitative estimate of drug-likeness (QED) is 0.439. The Morgan fingerprint density at radius 3 is 2.27 bits per heavy atom. The second-order valence-corrected chi connectivity index (χ2v) is 6.97. The van der Waals surface area contributed by atoms with Gasteiger partial charge in [-0.1, -0.05) is 30.3 Å². The van der Waals surface area contributed by atoms with E-state index in [1.54, 1.807) is 17.0 Å². The summed E-state index contributed by atoms with van der Waals surface area (Å²) in [6.45, 7) is 4.94. The fourth-order valence-corrected chi connectivity index (χ4v) is 2.75. The number of rotatable bonds is 10. The van der Waals surface area contributed by atoms with Crippen molar-refractivity contribution in [1.82, 2.24) is 4.90 Å². The van der Waals surface area contributed by atoms with E-state index in [0.29, 0.717) is 23.6 Å². The van der Waals surface area contributed by atoms with Crippen molar-refractivity contribution in [3.63, 3.8) is 0 Å². The van der Waals surface area contributed by atoms with Gasteiger partial charge in [-0.15, -0.1) is 0 Å². The zero-order valence-corrected chi connectivity index (χ0v) is 17.7. The van der Waals surface area contributed by atoms with Crippen molar-refractivity contribution in [1.29, 1.82) is 0 Å². The van der Waals surface area contributed by atoms with Crippen molar-refractivity contribution in [2.75, 3.05) is 20.3 Å². The number of ketones is 1. The lowest BCUT2D eigenvalue weighted by molar-refractivity contribution is -0.154. The smallest absolute Gasteiger partial charge is 0.344 e. The largest absolute Gasteiger partial charge is 0.493 e. The molecule has 0 saturated heterocycles. The van der Waals surface area contributed by atoms with Gasteiger partial charge in [0.1, 0.15) is 0 Å². The Balaban J connectivity index is 1.88. The molecule has 0 spiro atoms. The van der Waals surface area contributed by atoms with Gasteiger partial charge in [-0.3, -0.25) is 9.59 Å². The van der Waals surface area contributed by atoms with E-state index >= 15 is 0 Å². The zero-order chi connectivity index (χ0) is 22.1. The van der Waals surface area contributed by atoms with E-state index in [0.717, 1.165) is 5.56 Å². The molecule has 0 aliphatic heterocycles. The summed E-state index contributed by atoms with van der Waals surface area (Å²) in [6, 6.07) is 14.2. The SMILES string of the molecule is COc1cc(C(C)=O)ccc1OCC(=O)OCC(=O)N(Cc1ccccc1)C(C)C. The minimum absolute atomic E-state index is 0.0447. The number of ether oxygens (including phenoxy) is 3. The average Bonchev–Trinajstić information content (AvgIpc) is 2.74. The first kappa shape index (κ1) is 22.9. The summed E-state index contributed by atoms with van der Waals surface area (Å²) in [5.74, 6) is -0.433. The maximum Gasteiger partial charge on any atom is 0.344 e. The summed E-state index contributed by atoms with van der Waals surface area (Å²) >= 11 is 0. The Morgan fingerprint density at radius 1 is 0.967 bits per heavy atom. The van der Waals surface area contributed by atoms with Gasteiger partial charge in [0, 0.05) is 18.2 Å². The minimum Gasteiger partial charge on any atom is -0.493 e. The Morgan fingerprint density at radius 2 is 1.67 bits per heavy atom. The van der Waals surface area contributed by atoms with Crippen LogP contribution < -0.4 is 9.47 Å². The number of esters is 1. The molecule has 0 bridgehead atoms. The van der Waals surface area contributed by atoms with Gasteiger partial charge < -0.3 is 19.1 Å². The van der Waals surface area contributed by atoms with Crippen LogP contribution in [0.3, 0.4) is 0 Å². The zero-order valence-electron chi connectivity index (χ0n) is 17.7. The van der Waals surface area contributed by atoms with E-state index in [-0.39, 0.29) is 30.9 Å². The van der Waals surface area contributed by atoms with Crippen LogP contribution in [0.2, 0.25) is 0 Å². The topological polar surface area (TPSA) is 82.1 Å². The molecule has 0 unspecified atom stereocenters. The van der Waals surface area contributed by atoms with Crippen LogP contribution in [0.25, 0.3) is 0 Å². The molecule has 2 aromatic rings. The van der Waals surface area contributed by atoms with E-state index < -0.39 is 5.97 Å². The van der Waals surface area contributed by atoms with E-state index in [2.05, 4.69) is 0 Å². The Bertz CT molecular complexity index is 879. The van der Waals surface area contributed by atoms with E-state index in [4.69, 9.17) is 14.2 Å². The van der Waals surface area contributed by atoms with E-state index in [1.165, 1.54) is 20.1 Å². The van der Waals surface area contributed by atoms with Gasteiger partial charge in [-0.05, 0) is 44.5 Å². The van der Waals surface area contributed by atoms with Gasteiger partial charge in [0.05, 0.1) is 7.11 Å². The van der Waals surface area contributed by atoms with Gasteiger partial charge in [0.2, 0.25) is 0 Å². The molecule has 0 N–H and O–H groups in total. The second kappa shape index (κ2) is 11.0. The van der Waals surface area contributed by atoms with E-state index in [9.17, 15) is 14.4 Å². The minimum atomic E-state index is -0.676. The first-order valence-electron chi connectivity index (χ1n) is 9.62. The molecule has 7 heteroatoms. The molecule has 0 radical (unpaired) electrons. The van der Waals surface area contributed by atoms with Gasteiger partial charge >= 0.3 is 5.97 Å². The molecule has 0 atom stereocenters. The Hall–Kier alpha value is -3.35. The number of amides is 1. The fraction of sp³-hybridized carbons (Fsp3) is 0.348. The molecule has 0 aliphatic rings. The maximum absolute atomic E-state index is 12.5. The van der Waals surface area contributed by atoms with Crippen molar-refractivity contribution >= 4 is 17.7 Å². The highest BCUT2D eigenvalue weighted by atomic mass is 16.6. The highest BCUT2D eigenvalue weighted by molar-refractivity contribution is 5.94. The average molecular weight is 413 g/mol. The number of methoxy groups -OCH3 is 1. The third kappa shape index (κ3) is 6.62. The second-order valence-electron chi connectivity index (χ2n) is 6.97. The molecule has 2 aromatic carbocycles. The predicted molar refractivity (Wildman–Crippen MR) is 112 cm³/mol. The molecule has 0 saturated carbocycles. The summed E-state index contributed by atoms with van der Waals surface area (Å²) in [4.78, 5) is 37.7. The summed E-state index contributed by atoms with van der Waals surface area (Å²) in [5.41, 5.74) is 1.47. The van der Waals surface area contributed by atoms with Crippen LogP contribution in [0.1, 0.15) is 36.7 Å². The van der Waals surface area contributed by atoms with Gasteiger partial charge in [0.25, 0.3) is 5.91 Å². The van der Waals surface area contributed by atoms with Crippen molar-refractivity contribution in [3.8, 4) is 11.5 Å². The molecule has 0 fully saturated rings. The van der Waals surface area contributed by atoms with E-state index in [1.807, 2.05) is 44.2 Å². The van der Waals surface area contributed by atoms with Crippen molar-refractivity contribution in [3.05, 3.63) is 59.7 Å². The Kier molecular flexibility index (Phi) is 8.41. The number of benzene rings is 2. The van der Waals surface area contributed by atoms with Crippen molar-refractivity contribution in [2.24, 2.45) is 0 Å². The molecule has 7 nitrogen and oxygen atoms in total. The summed E-state index contributed by atoms with van der Waals surface area (Å²) in [7, 11) is 1.44. The molecule has 2 rings (SSSR count). The number of nitrogens with zero attached hydrogens (tertiary/aromatic N) is 1. The molecular weight excluding hydrogens is 386 g/mol. The maximum atomic E-state index is 12.5. The normalized spacial score (nSPS) is 10.4. The van der Waals surface area contributed by atoms with Gasteiger partial charge in [-0.25, -0.2) is 4.79 Å². The molecule has 0 aliphatic carbocycles. The van der Waals surface area contributed by atoms with Crippen LogP contribution >= 0.6 is 0 Å². The standard InChI is InChI=1S/C23H27NO6/c1-16(2)24(13-18-8-6-5-7-9-18)22(26)14-30-23(27)15-29-20-11-10-19(17(3)25)12-21(20)28-4/h5-12,16H,13-15H2,1-4H3. The lowest BCUT2D eigenvalue weighted by Gasteiger charge is -2.26. The van der Waals surface area contributed by atoms with Crippen LogP contribution in [0.15, 0.2) is 48.5 Å². The number of Topliss-reactive ketones (excluding diaryl/α,β-unsaturated/α-hetero) is 1. The van der Waals surface area contributed by atoms with Crippen LogP contribution in [0.5, 0.6) is 11.5 Å². The summed E-state index contributed by atoms with van der Waals surface area (Å²) in [5, 5.41) is 0. The summed E-state index contributed by atoms with van der Waals surface area (Å²) < 4.78 is 15.7. The van der Waals surface area contributed by atoms with Gasteiger partial charge in [0.15, 0.2) is 30.5 Å². The third-order valence-electron chi connectivity index (χ3n) is 4.41. The van der Waals surface area contributed by atoms with Crippen LogP contribution in [-0.4, -0.2) is 48.9 Å². The highest BCUT2D eigenvalue weighted by Crippen LogP contribution is 2.28. The van der Waals surface area contributed by atoms with Crippen molar-refractivity contribution in [2.45, 2.75) is 33.4 Å². The van der Waals surface area contributed by atoms with Crippen LogP contribution in [0, 0.1) is 0 Å². The molecule has 30 heavy (non-hydrogen) atoms. The molecule has 160 valence electrons. The van der Waals surface area contributed by atoms with Crippen LogP contribution in [-0.2, 0) is 20.9 Å². The molecule has 1 amide bonds. The van der Waals surface area contributed by atoms with Crippen molar-refractivity contribution < 1.29 is 28.6 Å². The van der Waals surface area contributed by atoms with Gasteiger partial charge in [-0.2, -0.15) is 0 Å². The summed E-state index contributed by atoms with van der Waals surface area (Å²) in [6.07, 6.45) is 0. The fourth-order valence-electron chi connectivity index (χ4n) is 2.75. The molecule has 0 heterocycles. The number of hydrogen-bond donors (Lipinski definition) is 0. The number of hydrogen-bond acceptors (Lipinski definition) is 6. The number of carbonyl (C=O) groups excluding carboxylic acids is 3.